The summed E-state index contributed by atoms with van der Waals surface area (Å²) < 4.78 is 0. The smallest absolute Gasteiger partial charge is 0.253 e. The van der Waals surface area contributed by atoms with Crippen LogP contribution >= 0.6 is 23.4 Å². The number of nitrogens with one attached hydrogen (secondary N) is 2. The Morgan fingerprint density at radius 2 is 2.33 bits per heavy atom. The van der Waals surface area contributed by atoms with E-state index < -0.39 is 0 Å². The van der Waals surface area contributed by atoms with Crippen LogP contribution in [0.3, 0.4) is 0 Å². The molecule has 0 fully saturated rings. The van der Waals surface area contributed by atoms with E-state index in [9.17, 15) is 4.79 Å². The highest BCUT2D eigenvalue weighted by molar-refractivity contribution is 7.99. The van der Waals surface area contributed by atoms with E-state index in [1.54, 1.807) is 24.9 Å². The first kappa shape index (κ1) is 15.1. The van der Waals surface area contributed by atoms with Gasteiger partial charge in [0.25, 0.3) is 5.91 Å². The zero-order valence-corrected chi connectivity index (χ0v) is 12.4. The van der Waals surface area contributed by atoms with Gasteiger partial charge in [0.2, 0.25) is 0 Å². The molecule has 100 valence electrons. The van der Waals surface area contributed by atoms with Gasteiger partial charge in [-0.1, -0.05) is 18.5 Å². The van der Waals surface area contributed by atoms with E-state index in [4.69, 9.17) is 11.6 Å². The summed E-state index contributed by atoms with van der Waals surface area (Å²) in [4.78, 5) is 16.1. The van der Waals surface area contributed by atoms with Crippen LogP contribution in [0.25, 0.3) is 0 Å². The van der Waals surface area contributed by atoms with E-state index in [0.29, 0.717) is 16.4 Å². The van der Waals surface area contributed by atoms with Gasteiger partial charge in [-0.25, -0.2) is 4.98 Å². The zero-order chi connectivity index (χ0) is 13.5. The minimum atomic E-state index is -0.164. The molecule has 1 aromatic heterocycles. The molecular formula is C12H18ClN3OS. The first-order valence-corrected chi connectivity index (χ1v) is 7.33. The second-order valence-electron chi connectivity index (χ2n) is 3.83. The van der Waals surface area contributed by atoms with E-state index in [1.807, 2.05) is 6.92 Å². The van der Waals surface area contributed by atoms with Gasteiger partial charge < -0.3 is 10.6 Å². The maximum absolute atomic E-state index is 12.0. The zero-order valence-electron chi connectivity index (χ0n) is 10.8. The third-order valence-corrected chi connectivity index (χ3v) is 3.75. The number of carbonyl (C=O) groups is 1. The van der Waals surface area contributed by atoms with Gasteiger partial charge in [0, 0.05) is 25.0 Å². The number of pyridine rings is 1. The first-order valence-electron chi connectivity index (χ1n) is 5.80. The van der Waals surface area contributed by atoms with Crippen molar-refractivity contribution in [3.05, 3.63) is 22.8 Å². The fourth-order valence-electron chi connectivity index (χ4n) is 1.39. The van der Waals surface area contributed by atoms with E-state index in [-0.39, 0.29) is 11.9 Å². The summed E-state index contributed by atoms with van der Waals surface area (Å²) in [6.45, 7) is 4.08. The number of rotatable bonds is 6. The summed E-state index contributed by atoms with van der Waals surface area (Å²) in [5.41, 5.74) is 0.448. The van der Waals surface area contributed by atoms with Crippen LogP contribution in [-0.2, 0) is 0 Å². The van der Waals surface area contributed by atoms with Crippen molar-refractivity contribution in [1.82, 2.24) is 10.3 Å². The topological polar surface area (TPSA) is 54.0 Å². The van der Waals surface area contributed by atoms with E-state index in [0.717, 1.165) is 11.5 Å². The van der Waals surface area contributed by atoms with Gasteiger partial charge in [-0.2, -0.15) is 11.8 Å². The molecule has 1 aromatic rings. The lowest BCUT2D eigenvalue weighted by atomic mass is 10.2. The molecule has 0 aliphatic rings. The van der Waals surface area contributed by atoms with Crippen molar-refractivity contribution in [3.63, 3.8) is 0 Å². The lowest BCUT2D eigenvalue weighted by Crippen LogP contribution is -2.34. The Morgan fingerprint density at radius 1 is 1.61 bits per heavy atom. The molecule has 1 atom stereocenters. The van der Waals surface area contributed by atoms with Crippen molar-refractivity contribution in [1.29, 1.82) is 0 Å². The van der Waals surface area contributed by atoms with Crippen LogP contribution in [0.1, 0.15) is 24.2 Å². The molecule has 0 saturated carbocycles. The molecule has 2 N–H and O–H groups in total. The van der Waals surface area contributed by atoms with Gasteiger partial charge in [-0.05, 0) is 18.7 Å². The van der Waals surface area contributed by atoms with E-state index >= 15 is 0 Å². The number of amides is 1. The molecule has 0 aliphatic carbocycles. The number of hydrogen-bond acceptors (Lipinski definition) is 4. The maximum atomic E-state index is 12.0. The summed E-state index contributed by atoms with van der Waals surface area (Å²) in [6.07, 6.45) is 1.48. The number of anilines is 1. The summed E-state index contributed by atoms with van der Waals surface area (Å²) in [6, 6.07) is 1.77. The van der Waals surface area contributed by atoms with Crippen LogP contribution in [-0.4, -0.2) is 35.5 Å². The fraction of sp³-hybridized carbons (Fsp3) is 0.500. The number of halogens is 1. The standard InChI is InChI=1S/C12H18ClN3OS/c1-4-18-7-8(2)16-12(17)9-5-11(14-3)15-6-10(9)13/h5-6,8H,4,7H2,1-3H3,(H,14,15)(H,16,17). The molecule has 0 saturated heterocycles. The Hall–Kier alpha value is -0.940. The minimum Gasteiger partial charge on any atom is -0.373 e. The maximum Gasteiger partial charge on any atom is 0.253 e. The van der Waals surface area contributed by atoms with Crippen LogP contribution in [0.4, 0.5) is 5.82 Å². The number of carbonyl (C=O) groups excluding carboxylic acids is 1. The normalized spacial score (nSPS) is 12.0. The molecule has 18 heavy (non-hydrogen) atoms. The second-order valence-corrected chi connectivity index (χ2v) is 5.56. The molecule has 1 heterocycles. The van der Waals surface area contributed by atoms with Gasteiger partial charge >= 0.3 is 0 Å². The van der Waals surface area contributed by atoms with Crippen LogP contribution in [0, 0.1) is 0 Å². The molecule has 0 aromatic carbocycles. The van der Waals surface area contributed by atoms with Crippen LogP contribution in [0.5, 0.6) is 0 Å². The Balaban J connectivity index is 2.71. The first-order chi connectivity index (χ1) is 8.58. The molecule has 1 amide bonds. The van der Waals surface area contributed by atoms with Crippen LogP contribution < -0.4 is 10.6 Å². The Morgan fingerprint density at radius 3 is 2.94 bits per heavy atom. The Labute approximate surface area is 117 Å². The Bertz CT molecular complexity index is 414. The number of nitrogens with zero attached hydrogens (tertiary/aromatic N) is 1. The molecule has 0 bridgehead atoms. The summed E-state index contributed by atoms with van der Waals surface area (Å²) in [5, 5.41) is 6.17. The van der Waals surface area contributed by atoms with E-state index in [2.05, 4.69) is 22.5 Å². The predicted octanol–water partition coefficient (Wildman–Crippen LogP) is 2.65. The van der Waals surface area contributed by atoms with Gasteiger partial charge in [0.15, 0.2) is 0 Å². The number of hydrogen-bond donors (Lipinski definition) is 2. The number of thioether (sulfide) groups is 1. The van der Waals surface area contributed by atoms with Crippen molar-refractivity contribution >= 4 is 35.1 Å². The second kappa shape index (κ2) is 7.48. The van der Waals surface area contributed by atoms with Crippen molar-refractivity contribution in [2.75, 3.05) is 23.9 Å². The molecule has 0 spiro atoms. The predicted molar refractivity (Wildman–Crippen MR) is 78.7 cm³/mol. The quantitative estimate of drug-likeness (QED) is 0.845. The third-order valence-electron chi connectivity index (χ3n) is 2.31. The molecule has 0 radical (unpaired) electrons. The summed E-state index contributed by atoms with van der Waals surface area (Å²) in [5.74, 6) is 2.40. The van der Waals surface area contributed by atoms with Gasteiger partial charge in [-0.15, -0.1) is 0 Å². The molecule has 0 aliphatic heterocycles. The van der Waals surface area contributed by atoms with Crippen molar-refractivity contribution < 1.29 is 4.79 Å². The van der Waals surface area contributed by atoms with Crippen molar-refractivity contribution in [2.45, 2.75) is 19.9 Å². The van der Waals surface area contributed by atoms with Crippen LogP contribution in [0.15, 0.2) is 12.3 Å². The van der Waals surface area contributed by atoms with Crippen molar-refractivity contribution in [2.24, 2.45) is 0 Å². The fourth-order valence-corrected chi connectivity index (χ4v) is 2.25. The highest BCUT2D eigenvalue weighted by atomic mass is 35.5. The minimum absolute atomic E-state index is 0.115. The molecular weight excluding hydrogens is 270 g/mol. The number of aromatic nitrogens is 1. The molecule has 4 nitrogen and oxygen atoms in total. The van der Waals surface area contributed by atoms with Gasteiger partial charge in [0.1, 0.15) is 5.82 Å². The highest BCUT2D eigenvalue weighted by Gasteiger charge is 2.14. The van der Waals surface area contributed by atoms with Gasteiger partial charge in [0.05, 0.1) is 10.6 Å². The van der Waals surface area contributed by atoms with E-state index in [1.165, 1.54) is 6.20 Å². The average molecular weight is 288 g/mol. The van der Waals surface area contributed by atoms with Crippen LogP contribution in [0.2, 0.25) is 5.02 Å². The highest BCUT2D eigenvalue weighted by Crippen LogP contribution is 2.18. The lowest BCUT2D eigenvalue weighted by Gasteiger charge is -2.14. The average Bonchev–Trinajstić information content (AvgIpc) is 2.36. The molecule has 1 unspecified atom stereocenters. The summed E-state index contributed by atoms with van der Waals surface area (Å²) in [7, 11) is 1.75. The molecule has 1 rings (SSSR count). The molecule has 6 heteroatoms. The Kier molecular flexibility index (Phi) is 6.29. The monoisotopic (exact) mass is 287 g/mol. The summed E-state index contributed by atoms with van der Waals surface area (Å²) >= 11 is 7.77. The lowest BCUT2D eigenvalue weighted by molar-refractivity contribution is 0.0944. The third kappa shape index (κ3) is 4.38. The van der Waals surface area contributed by atoms with Crippen molar-refractivity contribution in [3.8, 4) is 0 Å². The van der Waals surface area contributed by atoms with Gasteiger partial charge in [-0.3, -0.25) is 4.79 Å². The SMILES string of the molecule is CCSCC(C)NC(=O)c1cc(NC)ncc1Cl. The largest absolute Gasteiger partial charge is 0.373 e.